The molecule has 0 saturated carbocycles. The van der Waals surface area contributed by atoms with Crippen LogP contribution >= 0.6 is 11.6 Å². The zero-order valence-electron chi connectivity index (χ0n) is 8.18. The van der Waals surface area contributed by atoms with Gasteiger partial charge in [-0.3, -0.25) is 0 Å². The first-order valence-corrected chi connectivity index (χ1v) is 4.87. The standard InChI is InChI=1S/C11H7ClN4/c12-8-3-1-7(2-4-8)10-6-15-9(5-13)11(14)16-10/h1-4,6H,(H2,14,16). The Morgan fingerprint density at radius 1 is 1.25 bits per heavy atom. The highest BCUT2D eigenvalue weighted by atomic mass is 35.5. The summed E-state index contributed by atoms with van der Waals surface area (Å²) in [5, 5.41) is 9.32. The Morgan fingerprint density at radius 2 is 1.94 bits per heavy atom. The van der Waals surface area contributed by atoms with Crippen LogP contribution in [0.1, 0.15) is 5.69 Å². The second-order valence-electron chi connectivity index (χ2n) is 3.11. The van der Waals surface area contributed by atoms with Crippen LogP contribution in [0.3, 0.4) is 0 Å². The zero-order valence-corrected chi connectivity index (χ0v) is 8.94. The quantitative estimate of drug-likeness (QED) is 0.815. The topological polar surface area (TPSA) is 75.6 Å². The van der Waals surface area contributed by atoms with Crippen LogP contribution in [0.2, 0.25) is 5.02 Å². The van der Waals surface area contributed by atoms with Gasteiger partial charge in [0.05, 0.1) is 11.9 Å². The van der Waals surface area contributed by atoms with Gasteiger partial charge in [0, 0.05) is 10.6 Å². The number of rotatable bonds is 1. The summed E-state index contributed by atoms with van der Waals surface area (Å²) in [6.45, 7) is 0. The van der Waals surface area contributed by atoms with Gasteiger partial charge in [-0.15, -0.1) is 0 Å². The molecule has 4 nitrogen and oxygen atoms in total. The number of hydrogen-bond donors (Lipinski definition) is 1. The fourth-order valence-electron chi connectivity index (χ4n) is 1.25. The molecule has 0 aliphatic carbocycles. The Kier molecular flexibility index (Phi) is 2.71. The van der Waals surface area contributed by atoms with Crippen molar-refractivity contribution in [3.8, 4) is 17.3 Å². The van der Waals surface area contributed by atoms with Crippen LogP contribution in [-0.2, 0) is 0 Å². The summed E-state index contributed by atoms with van der Waals surface area (Å²) in [4.78, 5) is 8.01. The number of anilines is 1. The lowest BCUT2D eigenvalue weighted by Crippen LogP contribution is -1.99. The summed E-state index contributed by atoms with van der Waals surface area (Å²) in [7, 11) is 0. The van der Waals surface area contributed by atoms with Gasteiger partial charge in [-0.1, -0.05) is 23.7 Å². The molecular weight excluding hydrogens is 224 g/mol. The lowest BCUT2D eigenvalue weighted by atomic mass is 10.1. The third-order valence-electron chi connectivity index (χ3n) is 2.05. The molecule has 0 aliphatic rings. The molecule has 0 fully saturated rings. The number of nitrogen functional groups attached to an aromatic ring is 1. The van der Waals surface area contributed by atoms with Crippen molar-refractivity contribution in [2.45, 2.75) is 0 Å². The van der Waals surface area contributed by atoms with Crippen LogP contribution in [-0.4, -0.2) is 9.97 Å². The van der Waals surface area contributed by atoms with Gasteiger partial charge in [-0.2, -0.15) is 5.26 Å². The van der Waals surface area contributed by atoms with Crippen molar-refractivity contribution in [3.63, 3.8) is 0 Å². The fraction of sp³-hybridized carbons (Fsp3) is 0. The van der Waals surface area contributed by atoms with Crippen molar-refractivity contribution in [2.75, 3.05) is 5.73 Å². The highest BCUT2D eigenvalue weighted by molar-refractivity contribution is 6.30. The molecule has 78 valence electrons. The summed E-state index contributed by atoms with van der Waals surface area (Å²) in [5.74, 6) is 0.134. The van der Waals surface area contributed by atoms with E-state index in [4.69, 9.17) is 22.6 Å². The van der Waals surface area contributed by atoms with Gasteiger partial charge in [0.15, 0.2) is 11.5 Å². The Hall–Kier alpha value is -2.12. The van der Waals surface area contributed by atoms with E-state index in [1.807, 2.05) is 18.2 Å². The molecule has 1 aromatic carbocycles. The molecule has 2 rings (SSSR count). The van der Waals surface area contributed by atoms with E-state index in [1.54, 1.807) is 12.1 Å². The smallest absolute Gasteiger partial charge is 0.182 e. The summed E-state index contributed by atoms with van der Waals surface area (Å²) in [6.07, 6.45) is 1.51. The Morgan fingerprint density at radius 3 is 2.50 bits per heavy atom. The van der Waals surface area contributed by atoms with Crippen LogP contribution in [0, 0.1) is 11.3 Å². The number of nitriles is 1. The molecule has 0 atom stereocenters. The molecule has 0 aliphatic heterocycles. The third kappa shape index (κ3) is 1.95. The molecule has 0 spiro atoms. The minimum Gasteiger partial charge on any atom is -0.381 e. The van der Waals surface area contributed by atoms with Crippen molar-refractivity contribution in [2.24, 2.45) is 0 Å². The van der Waals surface area contributed by atoms with Crippen molar-refractivity contribution in [1.29, 1.82) is 5.26 Å². The van der Waals surface area contributed by atoms with Gasteiger partial charge in [0.1, 0.15) is 6.07 Å². The van der Waals surface area contributed by atoms with Crippen LogP contribution in [0.15, 0.2) is 30.5 Å². The van der Waals surface area contributed by atoms with Crippen LogP contribution < -0.4 is 5.73 Å². The van der Waals surface area contributed by atoms with E-state index in [1.165, 1.54) is 6.20 Å². The van der Waals surface area contributed by atoms with E-state index >= 15 is 0 Å². The highest BCUT2D eigenvalue weighted by Gasteiger charge is 2.05. The molecule has 1 aromatic heterocycles. The molecule has 0 amide bonds. The van der Waals surface area contributed by atoms with E-state index < -0.39 is 0 Å². The molecule has 0 radical (unpaired) electrons. The summed E-state index contributed by atoms with van der Waals surface area (Å²) in [5.41, 5.74) is 7.19. The molecule has 1 heterocycles. The van der Waals surface area contributed by atoms with Crippen LogP contribution in [0.4, 0.5) is 5.82 Å². The largest absolute Gasteiger partial charge is 0.381 e. The molecule has 2 aromatic rings. The van der Waals surface area contributed by atoms with E-state index in [9.17, 15) is 0 Å². The Balaban J connectivity index is 2.46. The second kappa shape index (κ2) is 4.17. The number of nitrogens with zero attached hydrogens (tertiary/aromatic N) is 3. The third-order valence-corrected chi connectivity index (χ3v) is 2.30. The fourth-order valence-corrected chi connectivity index (χ4v) is 1.38. The molecule has 5 heteroatoms. The predicted molar refractivity (Wildman–Crippen MR) is 61.6 cm³/mol. The van der Waals surface area contributed by atoms with Crippen molar-refractivity contribution in [3.05, 3.63) is 41.2 Å². The van der Waals surface area contributed by atoms with Crippen LogP contribution in [0.25, 0.3) is 11.3 Å². The summed E-state index contributed by atoms with van der Waals surface area (Å²) in [6, 6.07) is 9.01. The monoisotopic (exact) mass is 230 g/mol. The Labute approximate surface area is 97.3 Å². The van der Waals surface area contributed by atoms with E-state index in [0.717, 1.165) is 5.56 Å². The average Bonchev–Trinajstić information content (AvgIpc) is 2.30. The molecule has 0 saturated heterocycles. The average molecular weight is 231 g/mol. The van der Waals surface area contributed by atoms with Crippen molar-refractivity contribution in [1.82, 2.24) is 9.97 Å². The first kappa shape index (κ1) is 10.4. The first-order chi connectivity index (χ1) is 7.70. The van der Waals surface area contributed by atoms with Crippen LogP contribution in [0.5, 0.6) is 0 Å². The van der Waals surface area contributed by atoms with Gasteiger partial charge >= 0.3 is 0 Å². The number of halogens is 1. The molecule has 0 unspecified atom stereocenters. The van der Waals surface area contributed by atoms with E-state index in [2.05, 4.69) is 9.97 Å². The molecule has 16 heavy (non-hydrogen) atoms. The number of benzene rings is 1. The minimum absolute atomic E-state index is 0.134. The molecule has 2 N–H and O–H groups in total. The normalized spacial score (nSPS) is 9.75. The highest BCUT2D eigenvalue weighted by Crippen LogP contribution is 2.20. The number of aromatic nitrogens is 2. The predicted octanol–water partition coefficient (Wildman–Crippen LogP) is 2.25. The first-order valence-electron chi connectivity index (χ1n) is 4.49. The van der Waals surface area contributed by atoms with Gasteiger partial charge in [-0.25, -0.2) is 9.97 Å². The van der Waals surface area contributed by atoms with Crippen molar-refractivity contribution < 1.29 is 0 Å². The maximum absolute atomic E-state index is 8.67. The maximum Gasteiger partial charge on any atom is 0.182 e. The Bertz CT molecular complexity index is 557. The minimum atomic E-state index is 0.134. The van der Waals surface area contributed by atoms with Gasteiger partial charge < -0.3 is 5.73 Å². The van der Waals surface area contributed by atoms with Gasteiger partial charge in [0.2, 0.25) is 0 Å². The second-order valence-corrected chi connectivity index (χ2v) is 3.54. The lowest BCUT2D eigenvalue weighted by molar-refractivity contribution is 1.18. The molecule has 0 bridgehead atoms. The molecular formula is C11H7ClN4. The summed E-state index contributed by atoms with van der Waals surface area (Å²) >= 11 is 5.77. The number of nitrogens with two attached hydrogens (primary N) is 1. The van der Waals surface area contributed by atoms with Crippen molar-refractivity contribution >= 4 is 17.4 Å². The number of hydrogen-bond acceptors (Lipinski definition) is 4. The van der Waals surface area contributed by atoms with Gasteiger partial charge in [-0.05, 0) is 12.1 Å². The zero-order chi connectivity index (χ0) is 11.5. The van der Waals surface area contributed by atoms with Gasteiger partial charge in [0.25, 0.3) is 0 Å². The SMILES string of the molecule is N#Cc1ncc(-c2ccc(Cl)cc2)nc1N. The maximum atomic E-state index is 8.67. The van der Waals surface area contributed by atoms with E-state index in [0.29, 0.717) is 10.7 Å². The lowest BCUT2D eigenvalue weighted by Gasteiger charge is -2.02. The summed E-state index contributed by atoms with van der Waals surface area (Å²) < 4.78 is 0. The van der Waals surface area contributed by atoms with E-state index in [-0.39, 0.29) is 11.5 Å².